The molecule has 0 aromatic heterocycles. The van der Waals surface area contributed by atoms with Gasteiger partial charge in [0, 0.05) is 17.1 Å². The van der Waals surface area contributed by atoms with Crippen molar-refractivity contribution >= 4 is 46.8 Å². The monoisotopic (exact) mass is 442 g/mol. The molecule has 2 aromatic carbocycles. The highest BCUT2D eigenvalue weighted by Crippen LogP contribution is 2.30. The standard InChI is InChI=1S/C22H19ClN2O4S/c1-3-10-25-21(27)16(20(26)24-22(25)30)11-14-8-9-18(19(12-14)28-2)29-13-15-6-4-5-7-17(15)23/h3-9,11-12H,1,10,13H2,2H3,(H,24,26,30)/b16-11+. The summed E-state index contributed by atoms with van der Waals surface area (Å²) in [6.07, 6.45) is 3.02. The van der Waals surface area contributed by atoms with Crippen molar-refractivity contribution in [1.29, 1.82) is 0 Å². The lowest BCUT2D eigenvalue weighted by atomic mass is 10.1. The summed E-state index contributed by atoms with van der Waals surface area (Å²) in [5.74, 6) is -0.0722. The Morgan fingerprint density at radius 1 is 1.20 bits per heavy atom. The van der Waals surface area contributed by atoms with Crippen LogP contribution in [0, 0.1) is 0 Å². The Hall–Kier alpha value is -3.16. The fourth-order valence-corrected chi connectivity index (χ4v) is 3.26. The molecule has 0 unspecified atom stereocenters. The number of thiocarbonyl (C=S) groups is 1. The van der Waals surface area contributed by atoms with E-state index in [1.807, 2.05) is 18.2 Å². The second-order valence-corrected chi connectivity index (χ2v) is 7.11. The van der Waals surface area contributed by atoms with Gasteiger partial charge in [-0.3, -0.25) is 19.8 Å². The molecule has 0 saturated carbocycles. The highest BCUT2D eigenvalue weighted by molar-refractivity contribution is 7.80. The minimum absolute atomic E-state index is 0.0303. The van der Waals surface area contributed by atoms with E-state index in [2.05, 4.69) is 11.9 Å². The Bertz CT molecular complexity index is 1050. The third kappa shape index (κ3) is 4.69. The maximum Gasteiger partial charge on any atom is 0.265 e. The van der Waals surface area contributed by atoms with Gasteiger partial charge < -0.3 is 9.47 Å². The molecule has 6 nitrogen and oxygen atoms in total. The summed E-state index contributed by atoms with van der Waals surface area (Å²) < 4.78 is 11.2. The van der Waals surface area contributed by atoms with Gasteiger partial charge in [0.1, 0.15) is 12.2 Å². The van der Waals surface area contributed by atoms with E-state index in [9.17, 15) is 9.59 Å². The molecule has 30 heavy (non-hydrogen) atoms. The summed E-state index contributed by atoms with van der Waals surface area (Å²) in [4.78, 5) is 26.2. The number of carbonyl (C=O) groups is 2. The number of benzene rings is 2. The van der Waals surface area contributed by atoms with Crippen molar-refractivity contribution in [2.45, 2.75) is 6.61 Å². The summed E-state index contributed by atoms with van der Waals surface area (Å²) in [5.41, 5.74) is 1.41. The van der Waals surface area contributed by atoms with E-state index in [4.69, 9.17) is 33.3 Å². The number of ether oxygens (including phenoxy) is 2. The van der Waals surface area contributed by atoms with Crippen molar-refractivity contribution in [3.63, 3.8) is 0 Å². The number of hydrogen-bond donors (Lipinski definition) is 1. The molecule has 1 aliphatic heterocycles. The molecule has 0 radical (unpaired) electrons. The van der Waals surface area contributed by atoms with E-state index in [1.165, 1.54) is 24.2 Å². The van der Waals surface area contributed by atoms with Gasteiger partial charge in [0.25, 0.3) is 11.8 Å². The van der Waals surface area contributed by atoms with Gasteiger partial charge in [0.2, 0.25) is 0 Å². The molecule has 2 aromatic rings. The van der Waals surface area contributed by atoms with E-state index >= 15 is 0 Å². The molecular weight excluding hydrogens is 424 g/mol. The number of halogens is 1. The van der Waals surface area contributed by atoms with Crippen LogP contribution in [0.15, 0.2) is 60.7 Å². The van der Waals surface area contributed by atoms with Crippen molar-refractivity contribution in [3.8, 4) is 11.5 Å². The van der Waals surface area contributed by atoms with Crippen LogP contribution in [0.4, 0.5) is 0 Å². The summed E-state index contributed by atoms with van der Waals surface area (Å²) in [7, 11) is 1.51. The summed E-state index contributed by atoms with van der Waals surface area (Å²) >= 11 is 11.2. The lowest BCUT2D eigenvalue weighted by molar-refractivity contribution is -0.128. The molecule has 1 heterocycles. The predicted molar refractivity (Wildman–Crippen MR) is 119 cm³/mol. The molecule has 0 bridgehead atoms. The zero-order valence-corrected chi connectivity index (χ0v) is 17.8. The highest BCUT2D eigenvalue weighted by atomic mass is 35.5. The SMILES string of the molecule is C=CCN1C(=O)/C(=C/c2ccc(OCc3ccccc3Cl)c(OC)c2)C(=O)NC1=S. The smallest absolute Gasteiger partial charge is 0.265 e. The molecule has 0 atom stereocenters. The number of methoxy groups -OCH3 is 1. The normalized spacial score (nSPS) is 15.2. The third-order valence-electron chi connectivity index (χ3n) is 4.34. The van der Waals surface area contributed by atoms with Crippen molar-refractivity contribution in [2.24, 2.45) is 0 Å². The van der Waals surface area contributed by atoms with Gasteiger partial charge in [-0.1, -0.05) is 41.9 Å². The number of hydrogen-bond acceptors (Lipinski definition) is 5. The number of amides is 2. The zero-order valence-electron chi connectivity index (χ0n) is 16.2. The highest BCUT2D eigenvalue weighted by Gasteiger charge is 2.32. The largest absolute Gasteiger partial charge is 0.493 e. The minimum Gasteiger partial charge on any atom is -0.493 e. The third-order valence-corrected chi connectivity index (χ3v) is 5.03. The number of nitrogens with zero attached hydrogens (tertiary/aromatic N) is 1. The zero-order chi connectivity index (χ0) is 21.7. The summed E-state index contributed by atoms with van der Waals surface area (Å²) in [5, 5.41) is 3.18. The molecule has 0 aliphatic carbocycles. The van der Waals surface area contributed by atoms with Crippen LogP contribution >= 0.6 is 23.8 Å². The Morgan fingerprint density at radius 2 is 1.97 bits per heavy atom. The van der Waals surface area contributed by atoms with Gasteiger partial charge in [-0.2, -0.15) is 0 Å². The minimum atomic E-state index is -0.552. The van der Waals surface area contributed by atoms with E-state index in [0.29, 0.717) is 22.1 Å². The van der Waals surface area contributed by atoms with Gasteiger partial charge in [0.05, 0.1) is 7.11 Å². The van der Waals surface area contributed by atoms with Crippen molar-refractivity contribution in [2.75, 3.05) is 13.7 Å². The second kappa shape index (κ2) is 9.56. The van der Waals surface area contributed by atoms with Crippen molar-refractivity contribution in [3.05, 3.63) is 76.8 Å². The number of rotatable bonds is 7. The van der Waals surface area contributed by atoms with Crippen LogP contribution < -0.4 is 14.8 Å². The fourth-order valence-electron chi connectivity index (χ4n) is 2.82. The van der Waals surface area contributed by atoms with Gasteiger partial charge in [-0.05, 0) is 42.1 Å². The molecule has 2 amide bonds. The second-order valence-electron chi connectivity index (χ2n) is 6.31. The van der Waals surface area contributed by atoms with E-state index in [0.717, 1.165) is 5.56 Å². The van der Waals surface area contributed by atoms with Gasteiger partial charge in [0.15, 0.2) is 16.6 Å². The first-order valence-electron chi connectivity index (χ1n) is 8.98. The lowest BCUT2D eigenvalue weighted by Gasteiger charge is -2.27. The molecule has 0 spiro atoms. The Labute approximate surface area is 184 Å². The van der Waals surface area contributed by atoms with E-state index in [1.54, 1.807) is 24.3 Å². The van der Waals surface area contributed by atoms with Crippen LogP contribution in [-0.4, -0.2) is 35.5 Å². The first-order valence-corrected chi connectivity index (χ1v) is 9.77. The fraction of sp³-hybridized carbons (Fsp3) is 0.136. The van der Waals surface area contributed by atoms with Crippen molar-refractivity contribution < 1.29 is 19.1 Å². The van der Waals surface area contributed by atoms with Crippen LogP contribution in [0.3, 0.4) is 0 Å². The Morgan fingerprint density at radius 3 is 2.67 bits per heavy atom. The maximum absolute atomic E-state index is 12.6. The first kappa shape index (κ1) is 21.5. The molecule has 1 aliphatic rings. The van der Waals surface area contributed by atoms with Crippen LogP contribution in [0.2, 0.25) is 5.02 Å². The molecule has 1 N–H and O–H groups in total. The van der Waals surface area contributed by atoms with Gasteiger partial charge in [-0.25, -0.2) is 0 Å². The van der Waals surface area contributed by atoms with Gasteiger partial charge in [-0.15, -0.1) is 6.58 Å². The van der Waals surface area contributed by atoms with E-state index < -0.39 is 11.8 Å². The Kier molecular flexibility index (Phi) is 6.87. The number of nitrogens with one attached hydrogen (secondary N) is 1. The molecule has 8 heteroatoms. The van der Waals surface area contributed by atoms with Crippen molar-refractivity contribution in [1.82, 2.24) is 10.2 Å². The van der Waals surface area contributed by atoms with Gasteiger partial charge >= 0.3 is 0 Å². The summed E-state index contributed by atoms with van der Waals surface area (Å²) in [6, 6.07) is 12.5. The first-order chi connectivity index (χ1) is 14.4. The van der Waals surface area contributed by atoms with Crippen LogP contribution in [-0.2, 0) is 16.2 Å². The molecular formula is C22H19ClN2O4S. The molecule has 3 rings (SSSR count). The average molecular weight is 443 g/mol. The van der Waals surface area contributed by atoms with Crippen LogP contribution in [0.25, 0.3) is 6.08 Å². The summed E-state index contributed by atoms with van der Waals surface area (Å²) in [6.45, 7) is 4.08. The van der Waals surface area contributed by atoms with Crippen LogP contribution in [0.1, 0.15) is 11.1 Å². The van der Waals surface area contributed by atoms with Crippen LogP contribution in [0.5, 0.6) is 11.5 Å². The molecule has 154 valence electrons. The predicted octanol–water partition coefficient (Wildman–Crippen LogP) is 3.74. The molecule has 1 fully saturated rings. The maximum atomic E-state index is 12.6. The lowest BCUT2D eigenvalue weighted by Crippen LogP contribution is -2.53. The quantitative estimate of drug-likeness (QED) is 0.306. The number of carbonyl (C=O) groups excluding carboxylic acids is 2. The van der Waals surface area contributed by atoms with E-state index in [-0.39, 0.29) is 23.8 Å². The average Bonchev–Trinajstić information content (AvgIpc) is 2.74. The Balaban J connectivity index is 1.84. The topological polar surface area (TPSA) is 67.9 Å². The molecule has 1 saturated heterocycles.